The van der Waals surface area contributed by atoms with Gasteiger partial charge in [0, 0.05) is 0 Å². The highest BCUT2D eigenvalue weighted by atomic mass is 16.5. The second-order valence-corrected chi connectivity index (χ2v) is 1.72. The second kappa shape index (κ2) is 4.26. The first-order valence-electron chi connectivity index (χ1n) is 2.74. The highest BCUT2D eigenvalue weighted by Gasteiger charge is 1.99. The van der Waals surface area contributed by atoms with Crippen LogP contribution in [-0.2, 0) is 0 Å². The van der Waals surface area contributed by atoms with Gasteiger partial charge in [-0.15, -0.1) is 0 Å². The summed E-state index contributed by atoms with van der Waals surface area (Å²) >= 11 is 0. The molecule has 0 aliphatic heterocycles. The number of rotatable bonds is 4. The molecule has 0 heterocycles. The van der Waals surface area contributed by atoms with Crippen molar-refractivity contribution in [2.75, 3.05) is 6.54 Å². The second-order valence-electron chi connectivity index (χ2n) is 1.72. The zero-order valence-electron chi connectivity index (χ0n) is 5.34. The maximum Gasteiger partial charge on any atom is 0.157 e. The van der Waals surface area contributed by atoms with Gasteiger partial charge in [0.05, 0.1) is 6.54 Å². The van der Waals surface area contributed by atoms with E-state index < -0.39 is 6.17 Å². The Morgan fingerprint density at radius 3 is 2.56 bits per heavy atom. The SMILES string of the molecule is C=CC[NH+]([O-])C(N)C=C. The van der Waals surface area contributed by atoms with E-state index in [2.05, 4.69) is 13.2 Å². The zero-order valence-corrected chi connectivity index (χ0v) is 5.34. The van der Waals surface area contributed by atoms with Crippen molar-refractivity contribution in [1.82, 2.24) is 0 Å². The van der Waals surface area contributed by atoms with Crippen molar-refractivity contribution in [1.29, 1.82) is 0 Å². The highest BCUT2D eigenvalue weighted by molar-refractivity contribution is 4.74. The lowest BCUT2D eigenvalue weighted by atomic mass is 10.4. The Labute approximate surface area is 55.0 Å². The minimum Gasteiger partial charge on any atom is -0.633 e. The van der Waals surface area contributed by atoms with Gasteiger partial charge in [0.2, 0.25) is 0 Å². The minimum atomic E-state index is -0.525. The first kappa shape index (κ1) is 8.36. The summed E-state index contributed by atoms with van der Waals surface area (Å²) in [5, 5.41) is 10.7. The third-order valence-corrected chi connectivity index (χ3v) is 0.971. The monoisotopic (exact) mass is 128 g/mol. The fourth-order valence-corrected chi connectivity index (χ4v) is 0.410. The molecule has 0 aliphatic carbocycles. The Kier molecular flexibility index (Phi) is 3.96. The smallest absolute Gasteiger partial charge is 0.157 e. The Bertz CT molecular complexity index is 103. The van der Waals surface area contributed by atoms with Gasteiger partial charge in [-0.25, -0.2) is 0 Å². The molecular weight excluding hydrogens is 116 g/mol. The molecule has 0 spiro atoms. The first-order valence-corrected chi connectivity index (χ1v) is 2.74. The Morgan fingerprint density at radius 1 is 1.67 bits per heavy atom. The fraction of sp³-hybridized carbons (Fsp3) is 0.333. The number of hydrogen-bond acceptors (Lipinski definition) is 2. The molecule has 0 fully saturated rings. The van der Waals surface area contributed by atoms with Crippen LogP contribution in [0.1, 0.15) is 0 Å². The summed E-state index contributed by atoms with van der Waals surface area (Å²) in [4.78, 5) is 0. The van der Waals surface area contributed by atoms with Gasteiger partial charge in [-0.2, -0.15) is 0 Å². The van der Waals surface area contributed by atoms with Crippen LogP contribution in [0.2, 0.25) is 0 Å². The van der Waals surface area contributed by atoms with Crippen molar-refractivity contribution in [2.24, 2.45) is 5.73 Å². The highest BCUT2D eigenvalue weighted by Crippen LogP contribution is 1.62. The van der Waals surface area contributed by atoms with Crippen molar-refractivity contribution in [3.05, 3.63) is 30.5 Å². The Morgan fingerprint density at radius 2 is 2.22 bits per heavy atom. The van der Waals surface area contributed by atoms with Crippen LogP contribution in [0.25, 0.3) is 0 Å². The van der Waals surface area contributed by atoms with Crippen LogP contribution in [0.4, 0.5) is 0 Å². The molecule has 0 radical (unpaired) electrons. The average molecular weight is 128 g/mol. The molecule has 3 nitrogen and oxygen atoms in total. The number of hydrogen-bond donors (Lipinski definition) is 2. The largest absolute Gasteiger partial charge is 0.633 e. The predicted octanol–water partition coefficient (Wildman–Crippen LogP) is -0.974. The molecule has 3 heteroatoms. The summed E-state index contributed by atoms with van der Waals surface area (Å²) in [6.45, 7) is 7.12. The third-order valence-electron chi connectivity index (χ3n) is 0.971. The van der Waals surface area contributed by atoms with Gasteiger partial charge in [-0.1, -0.05) is 13.2 Å². The standard InChI is InChI=1S/C6H12N2O/c1-3-5-8(9)6(7)4-2/h3-4,6,8H,1-2,5,7H2. The Hall–Kier alpha value is -0.640. The molecule has 0 saturated heterocycles. The average Bonchev–Trinajstić information content (AvgIpc) is 1.87. The fourth-order valence-electron chi connectivity index (χ4n) is 0.410. The molecule has 0 bridgehead atoms. The van der Waals surface area contributed by atoms with Crippen molar-refractivity contribution in [3.8, 4) is 0 Å². The van der Waals surface area contributed by atoms with Crippen molar-refractivity contribution < 1.29 is 5.06 Å². The molecule has 0 aliphatic rings. The summed E-state index contributed by atoms with van der Waals surface area (Å²) in [6, 6.07) is 0. The minimum absolute atomic E-state index is 0.0417. The number of nitrogens with two attached hydrogens (primary N) is 1. The van der Waals surface area contributed by atoms with E-state index in [1.54, 1.807) is 0 Å². The Balaban J connectivity index is 3.56. The van der Waals surface area contributed by atoms with Crippen molar-refractivity contribution >= 4 is 0 Å². The van der Waals surface area contributed by atoms with Crippen LogP contribution in [0.15, 0.2) is 25.3 Å². The summed E-state index contributed by atoms with van der Waals surface area (Å²) < 4.78 is 0. The summed E-state index contributed by atoms with van der Waals surface area (Å²) in [7, 11) is 0. The lowest BCUT2D eigenvalue weighted by molar-refractivity contribution is -0.861. The van der Waals surface area contributed by atoms with E-state index in [1.165, 1.54) is 12.2 Å². The van der Waals surface area contributed by atoms with Gasteiger partial charge in [-0.05, 0) is 12.2 Å². The lowest BCUT2D eigenvalue weighted by Crippen LogP contribution is -3.12. The van der Waals surface area contributed by atoms with Gasteiger partial charge in [0.1, 0.15) is 0 Å². The molecule has 2 unspecified atom stereocenters. The van der Waals surface area contributed by atoms with Crippen LogP contribution in [-0.4, -0.2) is 12.7 Å². The molecule has 9 heavy (non-hydrogen) atoms. The lowest BCUT2D eigenvalue weighted by Gasteiger charge is -2.24. The topological polar surface area (TPSA) is 53.5 Å². The molecule has 2 atom stereocenters. The van der Waals surface area contributed by atoms with Crippen LogP contribution in [0.5, 0.6) is 0 Å². The number of hydroxylamine groups is 2. The molecule has 52 valence electrons. The van der Waals surface area contributed by atoms with E-state index >= 15 is 0 Å². The maximum atomic E-state index is 10.7. The quantitative estimate of drug-likeness (QED) is 0.290. The summed E-state index contributed by atoms with van der Waals surface area (Å²) in [6.07, 6.45) is 2.43. The molecule has 0 amide bonds. The van der Waals surface area contributed by atoms with Gasteiger partial charge < -0.3 is 10.3 Å². The zero-order chi connectivity index (χ0) is 7.28. The van der Waals surface area contributed by atoms with Crippen molar-refractivity contribution in [3.63, 3.8) is 0 Å². The molecule has 0 aromatic heterocycles. The number of nitrogens with one attached hydrogen (secondary N) is 1. The molecule has 0 rings (SSSR count). The van der Waals surface area contributed by atoms with Crippen LogP contribution in [0.3, 0.4) is 0 Å². The molecule has 3 N–H and O–H groups in total. The molecular formula is C6H12N2O. The van der Waals surface area contributed by atoms with E-state index in [1.807, 2.05) is 0 Å². The van der Waals surface area contributed by atoms with Crippen LogP contribution in [0, 0.1) is 5.21 Å². The summed E-state index contributed by atoms with van der Waals surface area (Å²) in [5.41, 5.74) is 5.29. The third kappa shape index (κ3) is 3.03. The van der Waals surface area contributed by atoms with Crippen LogP contribution < -0.4 is 10.8 Å². The van der Waals surface area contributed by atoms with E-state index in [0.29, 0.717) is 6.54 Å². The first-order chi connectivity index (χ1) is 4.22. The number of quaternary nitrogens is 1. The van der Waals surface area contributed by atoms with Gasteiger partial charge in [-0.3, -0.25) is 5.73 Å². The van der Waals surface area contributed by atoms with Crippen molar-refractivity contribution in [2.45, 2.75) is 6.17 Å². The maximum absolute atomic E-state index is 10.7. The predicted molar refractivity (Wildman–Crippen MR) is 37.6 cm³/mol. The van der Waals surface area contributed by atoms with Gasteiger partial charge in [0.15, 0.2) is 6.17 Å². The molecule has 0 aromatic carbocycles. The molecule has 0 saturated carbocycles. The van der Waals surface area contributed by atoms with Gasteiger partial charge in [0.25, 0.3) is 0 Å². The molecule has 0 aromatic rings. The summed E-state index contributed by atoms with van der Waals surface area (Å²) in [5.74, 6) is 0. The van der Waals surface area contributed by atoms with E-state index in [4.69, 9.17) is 5.73 Å². The van der Waals surface area contributed by atoms with E-state index in [9.17, 15) is 5.21 Å². The normalized spacial score (nSPS) is 16.2. The van der Waals surface area contributed by atoms with Crippen LogP contribution >= 0.6 is 0 Å². The van der Waals surface area contributed by atoms with Gasteiger partial charge >= 0.3 is 0 Å². The van der Waals surface area contributed by atoms with E-state index in [0.717, 1.165) is 0 Å². The van der Waals surface area contributed by atoms with E-state index in [-0.39, 0.29) is 5.06 Å².